The first-order valence-electron chi connectivity index (χ1n) is 11.8. The fraction of sp³-hybridized carbons (Fsp3) is 0.280. The van der Waals surface area contributed by atoms with Crippen molar-refractivity contribution in [1.29, 1.82) is 0 Å². The number of carbonyl (C=O) groups is 2. The Bertz CT molecular complexity index is 1590. The van der Waals surface area contributed by atoms with Crippen LogP contribution in [0.5, 0.6) is 5.75 Å². The Labute approximate surface area is 242 Å². The molecule has 4 rings (SSSR count). The summed E-state index contributed by atoms with van der Waals surface area (Å²) < 4.78 is 22.2. The number of fused-ring (bicyclic) bond motifs is 1. The summed E-state index contributed by atoms with van der Waals surface area (Å²) in [6.07, 6.45) is 1.66. The number of ketones is 1. The zero-order valence-corrected chi connectivity index (χ0v) is 24.4. The number of hydrogen-bond acceptors (Lipinski definition) is 10. The molecule has 204 valence electrons. The van der Waals surface area contributed by atoms with E-state index < -0.39 is 5.82 Å². The smallest absolute Gasteiger partial charge is 0.246 e. The van der Waals surface area contributed by atoms with E-state index in [1.54, 1.807) is 19.1 Å². The average Bonchev–Trinajstić information content (AvgIpc) is 3.20. The van der Waals surface area contributed by atoms with Gasteiger partial charge < -0.3 is 15.4 Å². The lowest BCUT2D eigenvalue weighted by Crippen LogP contribution is -2.20. The Kier molecular flexibility index (Phi) is 9.49. The molecule has 2 heterocycles. The maximum absolute atomic E-state index is 13.6. The van der Waals surface area contributed by atoms with E-state index in [1.165, 1.54) is 52.3 Å². The van der Waals surface area contributed by atoms with Crippen LogP contribution in [0.4, 0.5) is 21.6 Å². The number of amides is 1. The molecule has 0 atom stereocenters. The summed E-state index contributed by atoms with van der Waals surface area (Å²) in [5, 5.41) is 11.0. The second kappa shape index (κ2) is 12.8. The number of nitrogens with one attached hydrogen (secondary N) is 2. The molecule has 0 bridgehead atoms. The van der Waals surface area contributed by atoms with Crippen molar-refractivity contribution < 1.29 is 18.7 Å². The van der Waals surface area contributed by atoms with Crippen LogP contribution in [0.2, 0.25) is 5.02 Å². The molecule has 0 radical (unpaired) electrons. The van der Waals surface area contributed by atoms with E-state index in [2.05, 4.69) is 25.7 Å². The van der Waals surface area contributed by atoms with Crippen LogP contribution in [0.25, 0.3) is 10.9 Å². The van der Waals surface area contributed by atoms with Crippen LogP contribution in [0, 0.1) is 9.77 Å². The minimum Gasteiger partial charge on any atom is -0.489 e. The van der Waals surface area contributed by atoms with Crippen LogP contribution in [0.1, 0.15) is 27.2 Å². The first-order chi connectivity index (χ1) is 18.6. The molecule has 0 fully saturated rings. The van der Waals surface area contributed by atoms with Crippen molar-refractivity contribution in [3.05, 3.63) is 51.5 Å². The third kappa shape index (κ3) is 7.72. The Morgan fingerprint density at radius 3 is 2.77 bits per heavy atom. The summed E-state index contributed by atoms with van der Waals surface area (Å²) in [5.41, 5.74) is 1.52. The Balaban J connectivity index is 1.59. The van der Waals surface area contributed by atoms with E-state index >= 15 is 0 Å². The predicted octanol–water partition coefficient (Wildman–Crippen LogP) is 6.65. The predicted molar refractivity (Wildman–Crippen MR) is 156 cm³/mol. The summed E-state index contributed by atoms with van der Waals surface area (Å²) in [4.78, 5) is 32.9. The number of hydrogen-bond donors (Lipinski definition) is 2. The highest BCUT2D eigenvalue weighted by molar-refractivity contribution is 8.01. The highest BCUT2D eigenvalue weighted by Gasteiger charge is 2.16. The van der Waals surface area contributed by atoms with E-state index in [9.17, 15) is 14.0 Å². The number of Topliss-reactive ketones (excluding diaryl/α,β-unsaturated/α-hetero) is 1. The van der Waals surface area contributed by atoms with Gasteiger partial charge in [-0.25, -0.2) is 19.0 Å². The standard InChI is InChI=1S/C25H24ClFN6O3S3/c1-13(2)36-21-10-19-16(23(29-12-28-19)30-15-4-5-18(27)17(26)8-15)9-20(21)31-22(35)11-33-25(37)39-24(32-33)38-7-6-14(3)34/h4-5,8-10,12-13H,6-7,11H2,1-3H3,(H,31,35)(H,28,29,30). The van der Waals surface area contributed by atoms with Gasteiger partial charge in [-0.15, -0.1) is 0 Å². The molecule has 0 aliphatic rings. The third-order valence-corrected chi connectivity index (χ3v) is 7.85. The summed E-state index contributed by atoms with van der Waals surface area (Å²) in [6.45, 7) is 5.19. The van der Waals surface area contributed by atoms with Crippen molar-refractivity contribution in [3.63, 3.8) is 0 Å². The van der Waals surface area contributed by atoms with Gasteiger partial charge in [-0.3, -0.25) is 9.59 Å². The first-order valence-corrected chi connectivity index (χ1v) is 14.4. The molecule has 4 aromatic rings. The molecule has 39 heavy (non-hydrogen) atoms. The fourth-order valence-corrected chi connectivity index (χ4v) is 6.02. The number of nitrogens with zero attached hydrogens (tertiary/aromatic N) is 4. The number of carbonyl (C=O) groups excluding carboxylic acids is 2. The quantitative estimate of drug-likeness (QED) is 0.143. The van der Waals surface area contributed by atoms with Gasteiger partial charge in [0.1, 0.15) is 36.0 Å². The number of ether oxygens (including phenoxy) is 1. The lowest BCUT2D eigenvalue weighted by molar-refractivity contribution is -0.117. The van der Waals surface area contributed by atoms with Crippen LogP contribution < -0.4 is 15.4 Å². The van der Waals surface area contributed by atoms with Crippen LogP contribution in [-0.2, 0) is 16.1 Å². The van der Waals surface area contributed by atoms with Crippen LogP contribution in [0.3, 0.4) is 0 Å². The number of thioether (sulfide) groups is 1. The van der Waals surface area contributed by atoms with Crippen molar-refractivity contribution in [3.8, 4) is 5.75 Å². The Hall–Kier alpha value is -3.13. The monoisotopic (exact) mass is 606 g/mol. The summed E-state index contributed by atoms with van der Waals surface area (Å²) in [7, 11) is 0. The molecule has 9 nitrogen and oxygen atoms in total. The minimum absolute atomic E-state index is 0.0278. The lowest BCUT2D eigenvalue weighted by Gasteiger charge is -2.17. The maximum atomic E-state index is 13.6. The van der Waals surface area contributed by atoms with Gasteiger partial charge in [0.05, 0.1) is 22.3 Å². The molecular formula is C25H24ClFN6O3S3. The van der Waals surface area contributed by atoms with Crippen molar-refractivity contribution in [1.82, 2.24) is 19.7 Å². The normalized spacial score (nSPS) is 11.1. The van der Waals surface area contributed by atoms with Gasteiger partial charge in [0.25, 0.3) is 0 Å². The third-order valence-electron chi connectivity index (χ3n) is 5.12. The average molecular weight is 607 g/mol. The van der Waals surface area contributed by atoms with E-state index in [1.807, 2.05) is 13.8 Å². The molecule has 0 unspecified atom stereocenters. The van der Waals surface area contributed by atoms with E-state index in [4.69, 9.17) is 28.6 Å². The van der Waals surface area contributed by atoms with Crippen molar-refractivity contribution in [2.45, 2.75) is 44.2 Å². The molecule has 0 aliphatic carbocycles. The van der Waals surface area contributed by atoms with Crippen LogP contribution in [-0.4, -0.2) is 43.3 Å². The van der Waals surface area contributed by atoms with E-state index in [0.717, 1.165) is 0 Å². The molecule has 2 aromatic heterocycles. The second-order valence-corrected chi connectivity index (χ2v) is 12.0. The van der Waals surface area contributed by atoms with Crippen molar-refractivity contribution >= 4 is 86.7 Å². The molecule has 0 saturated heterocycles. The number of rotatable bonds is 11. The Morgan fingerprint density at radius 1 is 1.26 bits per heavy atom. The maximum Gasteiger partial charge on any atom is 0.246 e. The summed E-state index contributed by atoms with van der Waals surface area (Å²) in [5.74, 6) is 0.675. The molecule has 2 N–H and O–H groups in total. The number of benzene rings is 2. The van der Waals surface area contributed by atoms with Crippen LogP contribution in [0.15, 0.2) is 41.0 Å². The zero-order chi connectivity index (χ0) is 28.1. The zero-order valence-electron chi connectivity index (χ0n) is 21.2. The number of halogens is 2. The lowest BCUT2D eigenvalue weighted by atomic mass is 10.1. The minimum atomic E-state index is -0.530. The van der Waals surface area contributed by atoms with Gasteiger partial charge in [0, 0.05) is 29.3 Å². The topological polar surface area (TPSA) is 111 Å². The SMILES string of the molecule is CC(=O)CCSc1nn(CC(=O)Nc2cc3c(Nc4ccc(F)c(Cl)c4)ncnc3cc2OC(C)C)c(=S)s1. The fourth-order valence-electron chi connectivity index (χ4n) is 3.40. The Morgan fingerprint density at radius 2 is 2.05 bits per heavy atom. The molecule has 0 saturated carbocycles. The van der Waals surface area contributed by atoms with Gasteiger partial charge in [0.15, 0.2) is 8.29 Å². The second-order valence-electron chi connectivity index (χ2n) is 8.65. The van der Waals surface area contributed by atoms with Gasteiger partial charge >= 0.3 is 0 Å². The number of aromatic nitrogens is 4. The van der Waals surface area contributed by atoms with Gasteiger partial charge in [-0.1, -0.05) is 34.7 Å². The summed E-state index contributed by atoms with van der Waals surface area (Å²) >= 11 is 14.0. The van der Waals surface area contributed by atoms with E-state index in [0.29, 0.717) is 54.3 Å². The molecule has 0 spiro atoms. The highest BCUT2D eigenvalue weighted by Crippen LogP contribution is 2.34. The molecule has 0 aliphatic heterocycles. The van der Waals surface area contributed by atoms with E-state index in [-0.39, 0.29) is 29.4 Å². The number of anilines is 3. The first kappa shape index (κ1) is 28.9. The van der Waals surface area contributed by atoms with Crippen LogP contribution >= 0.6 is 46.9 Å². The van der Waals surface area contributed by atoms with Crippen molar-refractivity contribution in [2.75, 3.05) is 16.4 Å². The van der Waals surface area contributed by atoms with Gasteiger partial charge in [-0.2, -0.15) is 5.10 Å². The van der Waals surface area contributed by atoms with Gasteiger partial charge in [0.2, 0.25) is 5.91 Å². The van der Waals surface area contributed by atoms with Crippen molar-refractivity contribution in [2.24, 2.45) is 0 Å². The molecule has 14 heteroatoms. The molecular weight excluding hydrogens is 583 g/mol. The highest BCUT2D eigenvalue weighted by atomic mass is 35.5. The largest absolute Gasteiger partial charge is 0.489 e. The summed E-state index contributed by atoms with van der Waals surface area (Å²) in [6, 6.07) is 7.67. The molecule has 2 aromatic carbocycles. The molecule has 1 amide bonds. The van der Waals surface area contributed by atoms with Gasteiger partial charge in [-0.05, 0) is 57.3 Å².